The van der Waals surface area contributed by atoms with Gasteiger partial charge in [0.05, 0.1) is 13.2 Å². The first-order valence-electron chi connectivity index (χ1n) is 8.36. The molecule has 0 unspecified atom stereocenters. The molecule has 0 saturated heterocycles. The minimum absolute atomic E-state index is 0.0126. The van der Waals surface area contributed by atoms with Crippen molar-refractivity contribution in [3.63, 3.8) is 0 Å². The third-order valence-electron chi connectivity index (χ3n) is 4.90. The summed E-state index contributed by atoms with van der Waals surface area (Å²) in [6.07, 6.45) is 2.86. The maximum atomic E-state index is 10.4. The zero-order chi connectivity index (χ0) is 16.0. The molecule has 4 N–H and O–H groups in total. The molecule has 0 spiro atoms. The molecule has 120 valence electrons. The molecule has 0 bridgehead atoms. The molecule has 23 heavy (non-hydrogen) atoms. The number of hydrogen-bond donors (Lipinski definition) is 3. The van der Waals surface area contributed by atoms with Crippen LogP contribution in [0.15, 0.2) is 24.3 Å². The highest BCUT2D eigenvalue weighted by molar-refractivity contribution is 5.82. The van der Waals surface area contributed by atoms with Gasteiger partial charge < -0.3 is 20.3 Å². The van der Waals surface area contributed by atoms with Crippen LogP contribution in [0.25, 0.3) is 11.1 Å². The number of hydrogen-bond acceptors (Lipinski definition) is 3. The number of ether oxygens (including phenoxy) is 1. The van der Waals surface area contributed by atoms with E-state index in [0.717, 1.165) is 48.2 Å². The smallest absolute Gasteiger partial charge is 0.165 e. The molecule has 1 heterocycles. The van der Waals surface area contributed by atoms with Crippen LogP contribution < -0.4 is 10.1 Å². The Morgan fingerprint density at radius 3 is 2.91 bits per heavy atom. The summed E-state index contributed by atoms with van der Waals surface area (Å²) in [7, 11) is 0. The highest BCUT2D eigenvalue weighted by atomic mass is 16.5. The molecule has 1 atom stereocenters. The van der Waals surface area contributed by atoms with Crippen molar-refractivity contribution in [3.8, 4) is 28.4 Å². The topological polar surface area (TPSA) is 66.3 Å². The number of rotatable bonds is 3. The van der Waals surface area contributed by atoms with Crippen molar-refractivity contribution in [1.29, 1.82) is 0 Å². The zero-order valence-electron chi connectivity index (χ0n) is 13.3. The van der Waals surface area contributed by atoms with Crippen molar-refractivity contribution in [3.05, 3.63) is 41.0 Å². The van der Waals surface area contributed by atoms with Crippen LogP contribution in [0.3, 0.4) is 0 Å². The predicted octanol–water partition coefficient (Wildman–Crippen LogP) is 2.27. The molecule has 4 rings (SSSR count). The maximum absolute atomic E-state index is 10.4. The van der Waals surface area contributed by atoms with Crippen LogP contribution in [0.1, 0.15) is 36.1 Å². The number of quaternary nitrogens is 1. The number of benzene rings is 2. The number of fused-ring (bicyclic) bond motifs is 2. The van der Waals surface area contributed by atoms with Crippen molar-refractivity contribution in [2.24, 2.45) is 0 Å². The van der Waals surface area contributed by atoms with Gasteiger partial charge in [0.15, 0.2) is 11.5 Å². The normalized spacial score (nSPS) is 18.2. The number of phenolic OH excluding ortho intramolecular Hbond substituents is 2. The fraction of sp³-hybridized carbons (Fsp3) is 0.368. The van der Waals surface area contributed by atoms with Crippen molar-refractivity contribution in [1.82, 2.24) is 0 Å². The van der Waals surface area contributed by atoms with Crippen LogP contribution in [0.5, 0.6) is 17.2 Å². The lowest BCUT2D eigenvalue weighted by atomic mass is 9.77. The summed E-state index contributed by atoms with van der Waals surface area (Å²) in [6, 6.07) is 8.08. The summed E-state index contributed by atoms with van der Waals surface area (Å²) in [4.78, 5) is 0. The highest BCUT2D eigenvalue weighted by Crippen LogP contribution is 2.48. The average Bonchev–Trinajstić information content (AvgIpc) is 2.56. The van der Waals surface area contributed by atoms with Gasteiger partial charge in [-0.2, -0.15) is 0 Å². The van der Waals surface area contributed by atoms with Crippen molar-refractivity contribution in [2.45, 2.75) is 32.2 Å². The first-order valence-corrected chi connectivity index (χ1v) is 8.36. The Kier molecular flexibility index (Phi) is 3.42. The van der Waals surface area contributed by atoms with E-state index in [1.54, 1.807) is 6.07 Å². The first-order chi connectivity index (χ1) is 11.2. The molecule has 0 saturated carbocycles. The van der Waals surface area contributed by atoms with E-state index >= 15 is 0 Å². The van der Waals surface area contributed by atoms with Gasteiger partial charge in [0, 0.05) is 24.0 Å². The van der Waals surface area contributed by atoms with E-state index in [2.05, 4.69) is 18.3 Å². The molecule has 2 aromatic carbocycles. The molecule has 0 amide bonds. The molecule has 0 radical (unpaired) electrons. The van der Waals surface area contributed by atoms with Gasteiger partial charge in [-0.05, 0) is 41.3 Å². The van der Waals surface area contributed by atoms with Crippen LogP contribution in [-0.2, 0) is 12.8 Å². The fourth-order valence-corrected chi connectivity index (χ4v) is 3.91. The SMILES string of the molecule is CCCOc1cc2c3c(c1)-c1c(ccc(O)c1O)C[C@H]3[NH2+]CC2. The van der Waals surface area contributed by atoms with Crippen LogP contribution in [-0.4, -0.2) is 23.4 Å². The summed E-state index contributed by atoms with van der Waals surface area (Å²) >= 11 is 0. The van der Waals surface area contributed by atoms with E-state index in [1.165, 1.54) is 11.1 Å². The van der Waals surface area contributed by atoms with Crippen LogP contribution in [0.4, 0.5) is 0 Å². The maximum Gasteiger partial charge on any atom is 0.165 e. The van der Waals surface area contributed by atoms with E-state index in [4.69, 9.17) is 4.74 Å². The summed E-state index contributed by atoms with van der Waals surface area (Å²) in [5, 5.41) is 22.7. The van der Waals surface area contributed by atoms with E-state index in [0.29, 0.717) is 12.6 Å². The third-order valence-corrected chi connectivity index (χ3v) is 4.90. The van der Waals surface area contributed by atoms with Gasteiger partial charge in [-0.25, -0.2) is 0 Å². The van der Waals surface area contributed by atoms with Gasteiger partial charge in [-0.1, -0.05) is 13.0 Å². The fourth-order valence-electron chi connectivity index (χ4n) is 3.91. The zero-order valence-corrected chi connectivity index (χ0v) is 13.3. The Morgan fingerprint density at radius 1 is 1.22 bits per heavy atom. The molecule has 0 aromatic heterocycles. The lowest BCUT2D eigenvalue weighted by molar-refractivity contribution is -0.698. The Balaban J connectivity index is 1.94. The Morgan fingerprint density at radius 2 is 2.09 bits per heavy atom. The second kappa shape index (κ2) is 5.46. The average molecular weight is 312 g/mol. The Labute approximate surface area is 135 Å². The van der Waals surface area contributed by atoms with Crippen molar-refractivity contribution >= 4 is 0 Å². The molecular formula is C19H22NO3+. The van der Waals surface area contributed by atoms with Crippen molar-refractivity contribution in [2.75, 3.05) is 13.2 Å². The van der Waals surface area contributed by atoms with Gasteiger partial charge in [0.1, 0.15) is 11.8 Å². The quantitative estimate of drug-likeness (QED) is 0.762. The van der Waals surface area contributed by atoms with Gasteiger partial charge in [0.25, 0.3) is 0 Å². The number of phenols is 2. The van der Waals surface area contributed by atoms with Crippen LogP contribution >= 0.6 is 0 Å². The molecule has 2 aromatic rings. The molecule has 4 heteroatoms. The second-order valence-electron chi connectivity index (χ2n) is 6.44. The van der Waals surface area contributed by atoms with E-state index in [-0.39, 0.29) is 11.5 Å². The number of nitrogens with two attached hydrogens (primary N) is 1. The first kappa shape index (κ1) is 14.4. The summed E-state index contributed by atoms with van der Waals surface area (Å²) in [5.41, 5.74) is 5.50. The molecule has 4 nitrogen and oxygen atoms in total. The molecule has 1 aliphatic heterocycles. The van der Waals surface area contributed by atoms with E-state index in [9.17, 15) is 10.2 Å². The number of aromatic hydroxyl groups is 2. The minimum Gasteiger partial charge on any atom is -0.504 e. The lowest BCUT2D eigenvalue weighted by Gasteiger charge is -2.32. The summed E-state index contributed by atoms with van der Waals surface area (Å²) < 4.78 is 5.85. The molecule has 0 fully saturated rings. The summed E-state index contributed by atoms with van der Waals surface area (Å²) in [5.74, 6) is 0.786. The highest BCUT2D eigenvalue weighted by Gasteiger charge is 2.34. The predicted molar refractivity (Wildman–Crippen MR) is 87.9 cm³/mol. The van der Waals surface area contributed by atoms with Gasteiger partial charge in [0.2, 0.25) is 0 Å². The minimum atomic E-state index is -0.0596. The third kappa shape index (κ3) is 2.25. The van der Waals surface area contributed by atoms with Crippen LogP contribution in [0.2, 0.25) is 0 Å². The molecule has 2 aliphatic rings. The molecule has 1 aliphatic carbocycles. The van der Waals surface area contributed by atoms with Gasteiger partial charge in [-0.15, -0.1) is 0 Å². The van der Waals surface area contributed by atoms with Gasteiger partial charge >= 0.3 is 0 Å². The standard InChI is InChI=1S/C19H21NO3/c1-2-7-23-13-8-12-5-6-20-15-9-11-3-4-16(21)19(22)18(11)14(10-13)17(12)15/h3-4,8,10,15,20-22H,2,5-7,9H2,1H3/p+1/t15-/m1/s1. The summed E-state index contributed by atoms with van der Waals surface area (Å²) in [6.45, 7) is 3.85. The second-order valence-corrected chi connectivity index (χ2v) is 6.44. The largest absolute Gasteiger partial charge is 0.504 e. The van der Waals surface area contributed by atoms with E-state index in [1.807, 2.05) is 12.1 Å². The monoisotopic (exact) mass is 312 g/mol. The molecular weight excluding hydrogens is 290 g/mol. The Hall–Kier alpha value is -2.20. The van der Waals surface area contributed by atoms with E-state index < -0.39 is 0 Å². The Bertz CT molecular complexity index is 770. The van der Waals surface area contributed by atoms with Crippen LogP contribution in [0, 0.1) is 0 Å². The van der Waals surface area contributed by atoms with Gasteiger partial charge in [-0.3, -0.25) is 0 Å². The lowest BCUT2D eigenvalue weighted by Crippen LogP contribution is -2.87. The van der Waals surface area contributed by atoms with Crippen molar-refractivity contribution < 1.29 is 20.3 Å².